The maximum atomic E-state index is 10.8. The quantitative estimate of drug-likeness (QED) is 0.899. The van der Waals surface area contributed by atoms with Gasteiger partial charge in [0.05, 0.1) is 24.6 Å². The van der Waals surface area contributed by atoms with Crippen LogP contribution < -0.4 is 4.90 Å². The average molecular weight is 291 g/mol. The van der Waals surface area contributed by atoms with Gasteiger partial charge in [-0.25, -0.2) is 14.8 Å². The number of carboxylic acid groups (broad SMARTS) is 1. The van der Waals surface area contributed by atoms with Crippen LogP contribution >= 0.6 is 0 Å². The first-order chi connectivity index (χ1) is 10.2. The van der Waals surface area contributed by atoms with Gasteiger partial charge in [0.25, 0.3) is 0 Å². The molecule has 0 unspecified atom stereocenters. The van der Waals surface area contributed by atoms with E-state index in [1.54, 1.807) is 6.20 Å². The van der Waals surface area contributed by atoms with Crippen molar-refractivity contribution >= 4 is 11.8 Å². The minimum absolute atomic E-state index is 0.0174. The molecular formula is C15H21N3O3. The summed E-state index contributed by atoms with van der Waals surface area (Å²) in [5.74, 6) is -0.303. The molecule has 1 aromatic heterocycles. The molecule has 0 radical (unpaired) electrons. The lowest BCUT2D eigenvalue weighted by Crippen LogP contribution is -2.52. The van der Waals surface area contributed by atoms with Crippen molar-refractivity contribution in [1.82, 2.24) is 9.97 Å². The number of hydrogen-bond acceptors (Lipinski definition) is 5. The zero-order valence-corrected chi connectivity index (χ0v) is 12.1. The molecule has 1 saturated carbocycles. The summed E-state index contributed by atoms with van der Waals surface area (Å²) in [4.78, 5) is 21.2. The number of morpholine rings is 1. The van der Waals surface area contributed by atoms with E-state index in [4.69, 9.17) is 9.84 Å². The van der Waals surface area contributed by atoms with E-state index >= 15 is 0 Å². The molecule has 1 N–H and O–H groups in total. The van der Waals surface area contributed by atoms with Gasteiger partial charge in [-0.2, -0.15) is 0 Å². The third kappa shape index (κ3) is 3.15. The van der Waals surface area contributed by atoms with Gasteiger partial charge in [-0.15, -0.1) is 0 Å². The molecule has 114 valence electrons. The molecule has 1 aliphatic heterocycles. The highest BCUT2D eigenvalue weighted by atomic mass is 16.5. The summed E-state index contributed by atoms with van der Waals surface area (Å²) in [6, 6.07) is 0. The van der Waals surface area contributed by atoms with Crippen LogP contribution in [0.3, 0.4) is 0 Å². The summed E-state index contributed by atoms with van der Waals surface area (Å²) in [5.41, 5.74) is -0.0711. The van der Waals surface area contributed by atoms with E-state index in [0.717, 1.165) is 31.7 Å². The van der Waals surface area contributed by atoms with Crippen LogP contribution in [0.5, 0.6) is 0 Å². The summed E-state index contributed by atoms with van der Waals surface area (Å²) in [6.07, 6.45) is 10.1. The molecule has 3 rings (SSSR count). The smallest absolute Gasteiger partial charge is 0.356 e. The summed E-state index contributed by atoms with van der Waals surface area (Å²) < 4.78 is 6.12. The largest absolute Gasteiger partial charge is 0.476 e. The Balaban J connectivity index is 1.74. The number of hydrogen-bond donors (Lipinski definition) is 1. The van der Waals surface area contributed by atoms with E-state index in [1.165, 1.54) is 31.9 Å². The van der Waals surface area contributed by atoms with Gasteiger partial charge < -0.3 is 14.7 Å². The Morgan fingerprint density at radius 3 is 2.57 bits per heavy atom. The van der Waals surface area contributed by atoms with Gasteiger partial charge in [0.1, 0.15) is 5.82 Å². The third-order valence-electron chi connectivity index (χ3n) is 4.44. The number of ether oxygens (including phenoxy) is 1. The number of carboxylic acids is 1. The molecule has 0 bridgehead atoms. The normalized spacial score (nSPS) is 22.0. The number of aromatic nitrogens is 2. The Labute approximate surface area is 124 Å². The number of aromatic carboxylic acids is 1. The fourth-order valence-electron chi connectivity index (χ4n) is 3.31. The number of anilines is 1. The zero-order chi connectivity index (χ0) is 14.7. The Morgan fingerprint density at radius 1 is 1.19 bits per heavy atom. The highest BCUT2D eigenvalue weighted by molar-refractivity contribution is 5.84. The first-order valence-corrected chi connectivity index (χ1v) is 7.63. The molecular weight excluding hydrogens is 270 g/mol. The second-order valence-corrected chi connectivity index (χ2v) is 5.93. The highest BCUT2D eigenvalue weighted by Gasteiger charge is 2.37. The lowest BCUT2D eigenvalue weighted by atomic mass is 9.92. The summed E-state index contributed by atoms with van der Waals surface area (Å²) in [5, 5.41) is 8.88. The average Bonchev–Trinajstić information content (AvgIpc) is 2.73. The van der Waals surface area contributed by atoms with Crippen molar-refractivity contribution < 1.29 is 14.6 Å². The van der Waals surface area contributed by atoms with E-state index in [-0.39, 0.29) is 11.3 Å². The van der Waals surface area contributed by atoms with Gasteiger partial charge in [-0.3, -0.25) is 0 Å². The third-order valence-corrected chi connectivity index (χ3v) is 4.44. The van der Waals surface area contributed by atoms with Gasteiger partial charge in [0, 0.05) is 13.1 Å². The Kier molecular flexibility index (Phi) is 4.05. The summed E-state index contributed by atoms with van der Waals surface area (Å²) >= 11 is 0. The van der Waals surface area contributed by atoms with Crippen molar-refractivity contribution in [2.75, 3.05) is 24.6 Å². The standard InChI is InChI=1S/C15H21N3O3/c19-14(20)12-9-17-13(10-16-12)18-7-8-21-15(11-18)5-3-1-2-4-6-15/h9-10H,1-8,11H2,(H,19,20). The van der Waals surface area contributed by atoms with Gasteiger partial charge in [-0.05, 0) is 12.8 Å². The molecule has 1 spiro atoms. The van der Waals surface area contributed by atoms with Crippen molar-refractivity contribution in [3.63, 3.8) is 0 Å². The first kappa shape index (κ1) is 14.3. The van der Waals surface area contributed by atoms with Gasteiger partial charge in [0.2, 0.25) is 0 Å². The fraction of sp³-hybridized carbons (Fsp3) is 0.667. The SMILES string of the molecule is O=C(O)c1cnc(N2CCOC3(CCCCCC3)C2)cn1. The van der Waals surface area contributed by atoms with Crippen LogP contribution in [0.4, 0.5) is 5.82 Å². The van der Waals surface area contributed by atoms with Gasteiger partial charge in [0.15, 0.2) is 5.69 Å². The molecule has 2 fully saturated rings. The van der Waals surface area contributed by atoms with Crippen molar-refractivity contribution in [2.24, 2.45) is 0 Å². The molecule has 1 aliphatic carbocycles. The van der Waals surface area contributed by atoms with E-state index in [2.05, 4.69) is 14.9 Å². The van der Waals surface area contributed by atoms with E-state index in [0.29, 0.717) is 6.61 Å². The molecule has 0 amide bonds. The molecule has 1 saturated heterocycles. The Bertz CT molecular complexity index is 495. The second-order valence-electron chi connectivity index (χ2n) is 5.93. The molecule has 21 heavy (non-hydrogen) atoms. The van der Waals surface area contributed by atoms with E-state index in [1.807, 2.05) is 0 Å². The predicted octanol–water partition coefficient (Wildman–Crippen LogP) is 2.10. The monoisotopic (exact) mass is 291 g/mol. The zero-order valence-electron chi connectivity index (χ0n) is 12.1. The van der Waals surface area contributed by atoms with Crippen LogP contribution in [0.15, 0.2) is 12.4 Å². The molecule has 0 aromatic carbocycles. The number of rotatable bonds is 2. The molecule has 0 atom stereocenters. The van der Waals surface area contributed by atoms with Gasteiger partial charge in [-0.1, -0.05) is 25.7 Å². The molecule has 6 heteroatoms. The van der Waals surface area contributed by atoms with Crippen molar-refractivity contribution in [3.8, 4) is 0 Å². The van der Waals surface area contributed by atoms with Crippen LogP contribution in [0, 0.1) is 0 Å². The van der Waals surface area contributed by atoms with E-state index in [9.17, 15) is 4.79 Å². The lowest BCUT2D eigenvalue weighted by molar-refractivity contribution is -0.0654. The maximum Gasteiger partial charge on any atom is 0.356 e. The van der Waals surface area contributed by atoms with E-state index < -0.39 is 5.97 Å². The number of carbonyl (C=O) groups is 1. The minimum Gasteiger partial charge on any atom is -0.476 e. The van der Waals surface area contributed by atoms with Crippen molar-refractivity contribution in [2.45, 2.75) is 44.1 Å². The summed E-state index contributed by atoms with van der Waals surface area (Å²) in [7, 11) is 0. The highest BCUT2D eigenvalue weighted by Crippen LogP contribution is 2.34. The topological polar surface area (TPSA) is 75.5 Å². The van der Waals surface area contributed by atoms with Gasteiger partial charge >= 0.3 is 5.97 Å². The maximum absolute atomic E-state index is 10.8. The fourth-order valence-corrected chi connectivity index (χ4v) is 3.31. The van der Waals surface area contributed by atoms with Crippen molar-refractivity contribution in [3.05, 3.63) is 18.1 Å². The van der Waals surface area contributed by atoms with Crippen LogP contribution in [0.2, 0.25) is 0 Å². The number of nitrogens with zero attached hydrogens (tertiary/aromatic N) is 3. The van der Waals surface area contributed by atoms with Crippen molar-refractivity contribution in [1.29, 1.82) is 0 Å². The summed E-state index contributed by atoms with van der Waals surface area (Å²) in [6.45, 7) is 2.30. The predicted molar refractivity (Wildman–Crippen MR) is 77.6 cm³/mol. The second kappa shape index (κ2) is 5.97. The molecule has 1 aromatic rings. The molecule has 6 nitrogen and oxygen atoms in total. The molecule has 2 heterocycles. The lowest BCUT2D eigenvalue weighted by Gasteiger charge is -2.43. The van der Waals surface area contributed by atoms with Crippen LogP contribution in [-0.4, -0.2) is 46.3 Å². The first-order valence-electron chi connectivity index (χ1n) is 7.63. The Hall–Kier alpha value is -1.69. The molecule has 2 aliphatic rings. The Morgan fingerprint density at radius 2 is 1.95 bits per heavy atom. The van der Waals surface area contributed by atoms with Crippen LogP contribution in [0.25, 0.3) is 0 Å². The minimum atomic E-state index is -1.05. The van der Waals surface area contributed by atoms with Crippen LogP contribution in [-0.2, 0) is 4.74 Å². The van der Waals surface area contributed by atoms with Crippen LogP contribution in [0.1, 0.15) is 49.0 Å².